The summed E-state index contributed by atoms with van der Waals surface area (Å²) in [6.07, 6.45) is -0.928. The van der Waals surface area contributed by atoms with E-state index < -0.39 is 46.9 Å². The van der Waals surface area contributed by atoms with Crippen molar-refractivity contribution in [2.75, 3.05) is 7.11 Å². The minimum Gasteiger partial charge on any atom is -0.497 e. The molecule has 0 N–H and O–H groups in total. The molecular formula is C28H20BrNO6. The van der Waals surface area contributed by atoms with Gasteiger partial charge in [-0.25, -0.2) is 0 Å². The smallest absolute Gasteiger partial charge is 0.237 e. The minimum absolute atomic E-state index is 0.0210. The third kappa shape index (κ3) is 3.07. The number of imide groups is 1. The number of ketones is 2. The number of Topliss-reactive ketones (excluding diaryl/α,β-unsaturated/α-hetero) is 2. The number of hydrogen-bond acceptors (Lipinski definition) is 6. The Morgan fingerprint density at radius 2 is 1.47 bits per heavy atom. The molecule has 180 valence electrons. The van der Waals surface area contributed by atoms with Gasteiger partial charge in [-0.15, -0.1) is 0 Å². The molecule has 0 saturated carbocycles. The van der Waals surface area contributed by atoms with Crippen molar-refractivity contribution >= 4 is 39.3 Å². The SMILES string of the molecule is COc1ccc(CN2C(=O)[C@@H]3[C@H](c4ccc(Br)cc4)OC4(C(=O)c5ccccc5C4=O)[C@H]3C2=O)cc1. The van der Waals surface area contributed by atoms with Gasteiger partial charge in [-0.05, 0) is 35.4 Å². The van der Waals surface area contributed by atoms with Crippen molar-refractivity contribution in [1.82, 2.24) is 4.90 Å². The molecular weight excluding hydrogens is 526 g/mol. The predicted octanol–water partition coefficient (Wildman–Crippen LogP) is 4.15. The molecule has 2 aliphatic heterocycles. The van der Waals surface area contributed by atoms with Gasteiger partial charge in [0, 0.05) is 15.6 Å². The van der Waals surface area contributed by atoms with Gasteiger partial charge in [0.25, 0.3) is 0 Å². The Morgan fingerprint density at radius 3 is 2.06 bits per heavy atom. The number of carbonyl (C=O) groups excluding carboxylic acids is 4. The Morgan fingerprint density at radius 1 is 0.861 bits per heavy atom. The number of halogens is 1. The lowest BCUT2D eigenvalue weighted by molar-refractivity contribution is -0.145. The molecule has 2 saturated heterocycles. The topological polar surface area (TPSA) is 90.0 Å². The molecule has 2 heterocycles. The summed E-state index contributed by atoms with van der Waals surface area (Å²) in [4.78, 5) is 56.3. The highest BCUT2D eigenvalue weighted by atomic mass is 79.9. The fraction of sp³-hybridized carbons (Fsp3) is 0.214. The maximum atomic E-state index is 13.8. The van der Waals surface area contributed by atoms with Crippen molar-refractivity contribution in [3.63, 3.8) is 0 Å². The predicted molar refractivity (Wildman–Crippen MR) is 131 cm³/mol. The van der Waals surface area contributed by atoms with Gasteiger partial charge in [-0.3, -0.25) is 24.1 Å². The molecule has 3 aromatic rings. The van der Waals surface area contributed by atoms with Crippen LogP contribution in [-0.4, -0.2) is 41.0 Å². The van der Waals surface area contributed by atoms with E-state index in [4.69, 9.17) is 9.47 Å². The number of rotatable bonds is 4. The monoisotopic (exact) mass is 545 g/mol. The van der Waals surface area contributed by atoms with Crippen molar-refractivity contribution in [2.24, 2.45) is 11.8 Å². The van der Waals surface area contributed by atoms with Crippen LogP contribution in [0, 0.1) is 11.8 Å². The van der Waals surface area contributed by atoms with E-state index in [2.05, 4.69) is 15.9 Å². The second-order valence-electron chi connectivity index (χ2n) is 9.14. The molecule has 1 spiro atoms. The van der Waals surface area contributed by atoms with Crippen LogP contribution in [0.2, 0.25) is 0 Å². The summed E-state index contributed by atoms with van der Waals surface area (Å²) >= 11 is 3.40. The van der Waals surface area contributed by atoms with Crippen LogP contribution in [0.4, 0.5) is 0 Å². The van der Waals surface area contributed by atoms with E-state index in [1.165, 1.54) is 0 Å². The summed E-state index contributed by atoms with van der Waals surface area (Å²) in [5, 5.41) is 0. The van der Waals surface area contributed by atoms with Crippen molar-refractivity contribution in [1.29, 1.82) is 0 Å². The van der Waals surface area contributed by atoms with Crippen molar-refractivity contribution < 1.29 is 28.7 Å². The van der Waals surface area contributed by atoms with Crippen LogP contribution in [0.3, 0.4) is 0 Å². The zero-order valence-electron chi connectivity index (χ0n) is 19.1. The maximum Gasteiger partial charge on any atom is 0.237 e. The highest BCUT2D eigenvalue weighted by Gasteiger charge is 2.74. The molecule has 3 aliphatic rings. The van der Waals surface area contributed by atoms with Crippen LogP contribution in [0.25, 0.3) is 0 Å². The van der Waals surface area contributed by atoms with Crippen LogP contribution < -0.4 is 4.74 Å². The lowest BCUT2D eigenvalue weighted by Crippen LogP contribution is -2.50. The van der Waals surface area contributed by atoms with Crippen molar-refractivity contribution in [2.45, 2.75) is 18.2 Å². The van der Waals surface area contributed by atoms with Crippen LogP contribution in [0.5, 0.6) is 5.75 Å². The third-order valence-corrected chi connectivity index (χ3v) is 7.84. The summed E-state index contributed by atoms with van der Waals surface area (Å²) in [5.41, 5.74) is -0.291. The van der Waals surface area contributed by atoms with E-state index in [-0.39, 0.29) is 17.7 Å². The Bertz CT molecular complexity index is 1400. The zero-order valence-corrected chi connectivity index (χ0v) is 20.7. The van der Waals surface area contributed by atoms with Gasteiger partial charge >= 0.3 is 0 Å². The van der Waals surface area contributed by atoms with E-state index in [1.807, 2.05) is 0 Å². The second-order valence-corrected chi connectivity index (χ2v) is 10.1. The number of hydrogen-bond donors (Lipinski definition) is 0. The fourth-order valence-corrected chi connectivity index (χ4v) is 5.86. The Hall–Kier alpha value is -3.62. The molecule has 0 radical (unpaired) electrons. The number of nitrogens with zero attached hydrogens (tertiary/aromatic N) is 1. The number of amides is 2. The number of likely N-dealkylation sites (tertiary alicyclic amines) is 1. The molecule has 0 unspecified atom stereocenters. The first kappa shape index (κ1) is 22.8. The first-order valence-corrected chi connectivity index (χ1v) is 12.3. The van der Waals surface area contributed by atoms with E-state index in [9.17, 15) is 19.2 Å². The number of carbonyl (C=O) groups is 4. The van der Waals surface area contributed by atoms with Gasteiger partial charge < -0.3 is 9.47 Å². The van der Waals surface area contributed by atoms with Crippen LogP contribution in [0.15, 0.2) is 77.3 Å². The number of ether oxygens (including phenoxy) is 2. The highest BCUT2D eigenvalue weighted by molar-refractivity contribution is 9.10. The molecule has 2 amide bonds. The van der Waals surface area contributed by atoms with Gasteiger partial charge in [-0.1, -0.05) is 64.5 Å². The average molecular weight is 546 g/mol. The first-order chi connectivity index (χ1) is 17.4. The van der Waals surface area contributed by atoms with Crippen LogP contribution >= 0.6 is 15.9 Å². The Kier molecular flexibility index (Phi) is 5.21. The summed E-state index contributed by atoms with van der Waals surface area (Å²) < 4.78 is 12.3. The largest absolute Gasteiger partial charge is 0.497 e. The van der Waals surface area contributed by atoms with Gasteiger partial charge in [0.05, 0.1) is 31.6 Å². The molecule has 3 aromatic carbocycles. The van der Waals surface area contributed by atoms with E-state index in [1.54, 1.807) is 79.9 Å². The summed E-state index contributed by atoms with van der Waals surface area (Å²) in [6, 6.07) is 20.6. The lowest BCUT2D eigenvalue weighted by atomic mass is 9.77. The first-order valence-electron chi connectivity index (χ1n) is 11.5. The molecule has 8 heteroatoms. The van der Waals surface area contributed by atoms with E-state index >= 15 is 0 Å². The van der Waals surface area contributed by atoms with Gasteiger partial charge in [0.15, 0.2) is 0 Å². The van der Waals surface area contributed by atoms with E-state index in [0.717, 1.165) is 14.9 Å². The Balaban J connectivity index is 1.45. The molecule has 36 heavy (non-hydrogen) atoms. The van der Waals surface area contributed by atoms with Crippen LogP contribution in [-0.2, 0) is 20.9 Å². The van der Waals surface area contributed by atoms with Crippen LogP contribution in [0.1, 0.15) is 37.9 Å². The Labute approximate surface area is 215 Å². The van der Waals surface area contributed by atoms with Crippen molar-refractivity contribution in [3.8, 4) is 5.75 Å². The number of fused-ring (bicyclic) bond motifs is 3. The molecule has 1 aliphatic carbocycles. The summed E-state index contributed by atoms with van der Waals surface area (Å²) in [7, 11) is 1.55. The standard InChI is InChI=1S/C28H20BrNO6/c1-35-18-12-6-15(7-13-18)14-30-26(33)21-22(27(30)34)28(36-23(21)16-8-10-17(29)11-9-16)24(31)19-4-2-3-5-20(19)25(28)32/h2-13,21-23H,14H2,1H3/t21-,22+,23-/m0/s1. The van der Waals surface area contributed by atoms with Crippen molar-refractivity contribution in [3.05, 3.63) is 99.5 Å². The minimum atomic E-state index is -2.06. The molecule has 2 fully saturated rings. The van der Waals surface area contributed by atoms with Gasteiger partial charge in [0.2, 0.25) is 29.0 Å². The average Bonchev–Trinajstić information content (AvgIpc) is 3.46. The molecule has 0 bridgehead atoms. The molecule has 0 aromatic heterocycles. The zero-order chi connectivity index (χ0) is 25.2. The number of methoxy groups -OCH3 is 1. The lowest BCUT2D eigenvalue weighted by Gasteiger charge is -2.27. The summed E-state index contributed by atoms with van der Waals surface area (Å²) in [6.45, 7) is 0.0210. The maximum absolute atomic E-state index is 13.8. The molecule has 3 atom stereocenters. The summed E-state index contributed by atoms with van der Waals surface area (Å²) in [5.74, 6) is -3.76. The molecule has 6 rings (SSSR count). The van der Waals surface area contributed by atoms with Gasteiger partial charge in [-0.2, -0.15) is 0 Å². The normalized spacial score (nSPS) is 23.9. The fourth-order valence-electron chi connectivity index (χ4n) is 5.60. The highest BCUT2D eigenvalue weighted by Crippen LogP contribution is 2.57. The van der Waals surface area contributed by atoms with E-state index in [0.29, 0.717) is 11.3 Å². The second kappa shape index (κ2) is 8.21. The van der Waals surface area contributed by atoms with Gasteiger partial charge in [0.1, 0.15) is 5.75 Å². The molecule has 7 nitrogen and oxygen atoms in total. The quantitative estimate of drug-likeness (QED) is 0.361. The number of benzene rings is 3. The third-order valence-electron chi connectivity index (χ3n) is 7.31.